The van der Waals surface area contributed by atoms with Crippen molar-refractivity contribution in [2.24, 2.45) is 7.05 Å². The van der Waals surface area contributed by atoms with Crippen LogP contribution in [0, 0.1) is 0 Å². The second kappa shape index (κ2) is 9.18. The number of nitrogens with one attached hydrogen (secondary N) is 2. The standard InChI is InChI=1S/C20H21N5O2S/c1-21-19(27)15-10-6-7-11-16(15)22-17(26)12-13-28-20-24-23-18(25(20)2)14-8-4-3-5-9-14/h3-11H,12-13H2,1-2H3,(H,21,27)(H,22,26). The van der Waals surface area contributed by atoms with E-state index >= 15 is 0 Å². The first-order valence-corrected chi connectivity index (χ1v) is 9.77. The number of hydrogen-bond acceptors (Lipinski definition) is 5. The van der Waals surface area contributed by atoms with Gasteiger partial charge in [-0.1, -0.05) is 54.2 Å². The Kier molecular flexibility index (Phi) is 6.44. The molecule has 28 heavy (non-hydrogen) atoms. The van der Waals surface area contributed by atoms with Crippen LogP contribution in [-0.2, 0) is 11.8 Å². The first-order valence-electron chi connectivity index (χ1n) is 8.78. The van der Waals surface area contributed by atoms with Crippen molar-refractivity contribution in [1.82, 2.24) is 20.1 Å². The van der Waals surface area contributed by atoms with Crippen molar-refractivity contribution < 1.29 is 9.59 Å². The number of carbonyl (C=O) groups excluding carboxylic acids is 2. The number of rotatable bonds is 7. The normalized spacial score (nSPS) is 10.5. The first-order chi connectivity index (χ1) is 13.6. The minimum Gasteiger partial charge on any atom is -0.355 e. The summed E-state index contributed by atoms with van der Waals surface area (Å²) in [5.41, 5.74) is 1.93. The fourth-order valence-corrected chi connectivity index (χ4v) is 3.50. The van der Waals surface area contributed by atoms with Crippen LogP contribution in [0.15, 0.2) is 59.8 Å². The molecule has 8 heteroatoms. The van der Waals surface area contributed by atoms with Gasteiger partial charge < -0.3 is 15.2 Å². The van der Waals surface area contributed by atoms with Gasteiger partial charge in [-0.3, -0.25) is 9.59 Å². The van der Waals surface area contributed by atoms with Crippen molar-refractivity contribution in [1.29, 1.82) is 0 Å². The van der Waals surface area contributed by atoms with Gasteiger partial charge in [-0.05, 0) is 12.1 Å². The summed E-state index contributed by atoms with van der Waals surface area (Å²) in [6.45, 7) is 0. The van der Waals surface area contributed by atoms with Crippen LogP contribution in [-0.4, -0.2) is 39.4 Å². The zero-order chi connectivity index (χ0) is 19.9. The Morgan fingerprint density at radius 2 is 1.75 bits per heavy atom. The van der Waals surface area contributed by atoms with Crippen molar-refractivity contribution in [2.75, 3.05) is 18.1 Å². The molecule has 7 nitrogen and oxygen atoms in total. The van der Waals surface area contributed by atoms with Crippen molar-refractivity contribution in [3.8, 4) is 11.4 Å². The Bertz CT molecular complexity index is 972. The Morgan fingerprint density at radius 1 is 1.04 bits per heavy atom. The van der Waals surface area contributed by atoms with Crippen molar-refractivity contribution >= 4 is 29.3 Å². The molecule has 3 aromatic rings. The molecule has 2 N–H and O–H groups in total. The molecular formula is C20H21N5O2S. The van der Waals surface area contributed by atoms with Gasteiger partial charge in [0.25, 0.3) is 5.91 Å². The summed E-state index contributed by atoms with van der Waals surface area (Å²) in [5.74, 6) is 0.938. The van der Waals surface area contributed by atoms with Crippen LogP contribution in [0.5, 0.6) is 0 Å². The molecular weight excluding hydrogens is 374 g/mol. The predicted molar refractivity (Wildman–Crippen MR) is 110 cm³/mol. The molecule has 0 aliphatic heterocycles. The minimum absolute atomic E-state index is 0.158. The molecule has 144 valence electrons. The van der Waals surface area contributed by atoms with E-state index in [1.807, 2.05) is 41.9 Å². The number of hydrogen-bond donors (Lipinski definition) is 2. The number of anilines is 1. The van der Waals surface area contributed by atoms with E-state index in [9.17, 15) is 9.59 Å². The molecule has 0 saturated heterocycles. The Labute approximate surface area is 167 Å². The average Bonchev–Trinajstić information content (AvgIpc) is 3.09. The van der Waals surface area contributed by atoms with E-state index in [-0.39, 0.29) is 11.8 Å². The molecule has 1 aromatic heterocycles. The van der Waals surface area contributed by atoms with Crippen LogP contribution in [0.3, 0.4) is 0 Å². The fourth-order valence-electron chi connectivity index (χ4n) is 2.65. The maximum Gasteiger partial charge on any atom is 0.253 e. The number of thioether (sulfide) groups is 1. The summed E-state index contributed by atoms with van der Waals surface area (Å²) in [5, 5.41) is 14.6. The zero-order valence-electron chi connectivity index (χ0n) is 15.7. The third kappa shape index (κ3) is 4.58. The van der Waals surface area contributed by atoms with Crippen molar-refractivity contribution in [3.05, 3.63) is 60.2 Å². The first kappa shape index (κ1) is 19.6. The largest absolute Gasteiger partial charge is 0.355 e. The van der Waals surface area contributed by atoms with E-state index in [4.69, 9.17) is 0 Å². The SMILES string of the molecule is CNC(=O)c1ccccc1NC(=O)CCSc1nnc(-c2ccccc2)n1C. The molecule has 2 amide bonds. The van der Waals surface area contributed by atoms with Gasteiger partial charge in [0, 0.05) is 31.8 Å². The van der Waals surface area contributed by atoms with Crippen LogP contribution in [0.4, 0.5) is 5.69 Å². The monoisotopic (exact) mass is 395 g/mol. The second-order valence-corrected chi connectivity index (χ2v) is 7.06. The van der Waals surface area contributed by atoms with Gasteiger partial charge in [-0.25, -0.2) is 0 Å². The lowest BCUT2D eigenvalue weighted by atomic mass is 10.1. The number of benzene rings is 2. The molecule has 0 radical (unpaired) electrons. The fraction of sp³-hybridized carbons (Fsp3) is 0.200. The van der Waals surface area contributed by atoms with Gasteiger partial charge in [0.05, 0.1) is 11.3 Å². The van der Waals surface area contributed by atoms with Gasteiger partial charge in [-0.15, -0.1) is 10.2 Å². The lowest BCUT2D eigenvalue weighted by Gasteiger charge is -2.10. The molecule has 0 aliphatic rings. The maximum atomic E-state index is 12.3. The van der Waals surface area contributed by atoms with Gasteiger partial charge in [0.15, 0.2) is 11.0 Å². The Balaban J connectivity index is 1.57. The minimum atomic E-state index is -0.238. The Morgan fingerprint density at radius 3 is 2.50 bits per heavy atom. The van der Waals surface area contributed by atoms with E-state index in [2.05, 4.69) is 20.8 Å². The molecule has 0 unspecified atom stereocenters. The van der Waals surface area contributed by atoms with Crippen molar-refractivity contribution in [2.45, 2.75) is 11.6 Å². The highest BCUT2D eigenvalue weighted by Gasteiger charge is 2.14. The van der Waals surface area contributed by atoms with Crippen LogP contribution in [0.25, 0.3) is 11.4 Å². The molecule has 0 aliphatic carbocycles. The predicted octanol–water partition coefficient (Wildman–Crippen LogP) is 2.96. The van der Waals surface area contributed by atoms with Gasteiger partial charge in [0.2, 0.25) is 5.91 Å². The third-order valence-corrected chi connectivity index (χ3v) is 5.12. The van der Waals surface area contributed by atoms with E-state index in [1.165, 1.54) is 11.8 Å². The third-order valence-electron chi connectivity index (χ3n) is 4.10. The molecule has 1 heterocycles. The highest BCUT2D eigenvalue weighted by Crippen LogP contribution is 2.23. The highest BCUT2D eigenvalue weighted by atomic mass is 32.2. The summed E-state index contributed by atoms with van der Waals surface area (Å²) < 4.78 is 1.92. The summed E-state index contributed by atoms with van der Waals surface area (Å²) in [4.78, 5) is 24.2. The molecule has 0 saturated carbocycles. The zero-order valence-corrected chi connectivity index (χ0v) is 16.5. The topological polar surface area (TPSA) is 88.9 Å². The maximum absolute atomic E-state index is 12.3. The van der Waals surface area contributed by atoms with Gasteiger partial charge >= 0.3 is 0 Å². The molecule has 3 rings (SSSR count). The van der Waals surface area contributed by atoms with Gasteiger partial charge in [0.1, 0.15) is 0 Å². The average molecular weight is 395 g/mol. The van der Waals surface area contributed by atoms with E-state index in [0.717, 1.165) is 16.5 Å². The molecule has 0 fully saturated rings. The number of carbonyl (C=O) groups is 2. The van der Waals surface area contributed by atoms with Crippen LogP contribution in [0.2, 0.25) is 0 Å². The quantitative estimate of drug-likeness (QED) is 0.601. The Hall–Kier alpha value is -3.13. The smallest absolute Gasteiger partial charge is 0.253 e. The van der Waals surface area contributed by atoms with Gasteiger partial charge in [-0.2, -0.15) is 0 Å². The van der Waals surface area contributed by atoms with Crippen LogP contribution >= 0.6 is 11.8 Å². The summed E-state index contributed by atoms with van der Waals surface area (Å²) in [7, 11) is 3.46. The lowest BCUT2D eigenvalue weighted by Crippen LogP contribution is -2.21. The number of amides is 2. The van der Waals surface area contributed by atoms with Crippen LogP contribution in [0.1, 0.15) is 16.8 Å². The molecule has 0 spiro atoms. The molecule has 0 atom stereocenters. The highest BCUT2D eigenvalue weighted by molar-refractivity contribution is 7.99. The second-order valence-electron chi connectivity index (χ2n) is 6.00. The summed E-state index contributed by atoms with van der Waals surface area (Å²) >= 11 is 1.47. The molecule has 2 aromatic carbocycles. The number of nitrogens with zero attached hydrogens (tertiary/aromatic N) is 3. The van der Waals surface area contributed by atoms with E-state index < -0.39 is 0 Å². The summed E-state index contributed by atoms with van der Waals surface area (Å²) in [6, 6.07) is 16.8. The number of para-hydroxylation sites is 1. The van der Waals surface area contributed by atoms with Crippen molar-refractivity contribution in [3.63, 3.8) is 0 Å². The lowest BCUT2D eigenvalue weighted by molar-refractivity contribution is -0.115. The summed E-state index contributed by atoms with van der Waals surface area (Å²) in [6.07, 6.45) is 0.292. The van der Waals surface area contributed by atoms with Crippen LogP contribution < -0.4 is 10.6 Å². The number of aromatic nitrogens is 3. The van der Waals surface area contributed by atoms with E-state index in [1.54, 1.807) is 31.3 Å². The molecule has 0 bridgehead atoms. The van der Waals surface area contributed by atoms with E-state index in [0.29, 0.717) is 23.4 Å².